The third-order valence-corrected chi connectivity index (χ3v) is 7.04. The molecular formula is C31H48O6. The molecule has 1 aliphatic rings. The van der Waals surface area contributed by atoms with Gasteiger partial charge in [0.1, 0.15) is 24.7 Å². The van der Waals surface area contributed by atoms with Gasteiger partial charge in [0.25, 0.3) is 0 Å². The molecule has 2 aromatic carbocycles. The number of methoxy groups -OCH3 is 4. The Balaban J connectivity index is 0.000000335. The Morgan fingerprint density at radius 3 is 1.19 bits per heavy atom. The highest BCUT2D eigenvalue weighted by atomic mass is 16.5. The zero-order valence-electron chi connectivity index (χ0n) is 23.8. The highest BCUT2D eigenvalue weighted by Gasteiger charge is 2.23. The van der Waals surface area contributed by atoms with Gasteiger partial charge in [-0.15, -0.1) is 0 Å². The van der Waals surface area contributed by atoms with Crippen LogP contribution in [0.1, 0.15) is 50.7 Å². The van der Waals surface area contributed by atoms with E-state index in [0.717, 1.165) is 36.5 Å². The van der Waals surface area contributed by atoms with E-state index in [1.54, 1.807) is 28.4 Å². The molecule has 0 aliphatic heterocycles. The van der Waals surface area contributed by atoms with E-state index in [4.69, 9.17) is 28.4 Å². The van der Waals surface area contributed by atoms with E-state index in [2.05, 4.69) is 38.1 Å². The van der Waals surface area contributed by atoms with Crippen molar-refractivity contribution in [1.29, 1.82) is 0 Å². The SMILES string of the molecule is COCC1CCC(COC)CC1.COCCOc1ccc(C(C)(C)c2ccc(OCCOC)cc2)cc1. The van der Waals surface area contributed by atoms with Gasteiger partial charge in [-0.25, -0.2) is 0 Å². The monoisotopic (exact) mass is 516 g/mol. The molecule has 0 bridgehead atoms. The smallest absolute Gasteiger partial charge is 0.119 e. The molecule has 6 nitrogen and oxygen atoms in total. The van der Waals surface area contributed by atoms with E-state index >= 15 is 0 Å². The van der Waals surface area contributed by atoms with Gasteiger partial charge in [-0.1, -0.05) is 38.1 Å². The first-order chi connectivity index (χ1) is 17.9. The van der Waals surface area contributed by atoms with Crippen LogP contribution in [0.5, 0.6) is 11.5 Å². The molecule has 1 fully saturated rings. The lowest BCUT2D eigenvalue weighted by atomic mass is 9.78. The normalized spacial score (nSPS) is 17.6. The van der Waals surface area contributed by atoms with Crippen LogP contribution in [0.3, 0.4) is 0 Å². The van der Waals surface area contributed by atoms with Crippen LogP contribution in [-0.2, 0) is 24.4 Å². The van der Waals surface area contributed by atoms with Crippen molar-refractivity contribution < 1.29 is 28.4 Å². The summed E-state index contributed by atoms with van der Waals surface area (Å²) >= 11 is 0. The molecular weight excluding hydrogens is 468 g/mol. The molecule has 0 N–H and O–H groups in total. The first-order valence-electron chi connectivity index (χ1n) is 13.4. The van der Waals surface area contributed by atoms with Gasteiger partial charge in [0, 0.05) is 47.1 Å². The van der Waals surface area contributed by atoms with Gasteiger partial charge in [-0.05, 0) is 72.9 Å². The molecule has 0 atom stereocenters. The number of hydrogen-bond acceptors (Lipinski definition) is 6. The highest BCUT2D eigenvalue weighted by Crippen LogP contribution is 2.33. The van der Waals surface area contributed by atoms with Crippen molar-refractivity contribution in [2.45, 2.75) is 44.9 Å². The summed E-state index contributed by atoms with van der Waals surface area (Å²) in [5, 5.41) is 0. The van der Waals surface area contributed by atoms with Gasteiger partial charge < -0.3 is 28.4 Å². The summed E-state index contributed by atoms with van der Waals surface area (Å²) < 4.78 is 31.5. The van der Waals surface area contributed by atoms with Crippen LogP contribution in [0.25, 0.3) is 0 Å². The van der Waals surface area contributed by atoms with Crippen molar-refractivity contribution in [2.75, 3.05) is 68.1 Å². The molecule has 6 heteroatoms. The van der Waals surface area contributed by atoms with Crippen LogP contribution in [0.4, 0.5) is 0 Å². The molecule has 1 aliphatic carbocycles. The van der Waals surface area contributed by atoms with Crippen LogP contribution in [-0.4, -0.2) is 68.1 Å². The Morgan fingerprint density at radius 1 is 0.541 bits per heavy atom. The van der Waals surface area contributed by atoms with Gasteiger partial charge in [0.2, 0.25) is 0 Å². The minimum Gasteiger partial charge on any atom is -0.491 e. The molecule has 0 spiro atoms. The van der Waals surface area contributed by atoms with Crippen LogP contribution < -0.4 is 9.47 Å². The maximum atomic E-state index is 5.63. The molecule has 0 unspecified atom stereocenters. The lowest BCUT2D eigenvalue weighted by Gasteiger charge is -2.27. The topological polar surface area (TPSA) is 55.4 Å². The van der Waals surface area contributed by atoms with Crippen LogP contribution >= 0.6 is 0 Å². The van der Waals surface area contributed by atoms with Crippen molar-refractivity contribution in [3.63, 3.8) is 0 Å². The van der Waals surface area contributed by atoms with E-state index in [-0.39, 0.29) is 5.41 Å². The second-order valence-electron chi connectivity index (χ2n) is 10.2. The maximum Gasteiger partial charge on any atom is 0.119 e. The second kappa shape index (κ2) is 17.4. The standard InChI is InChI=1S/C21H28O4.C10H20O2/c1-21(2,17-5-9-19(10-6-17)24-15-13-22-3)18-7-11-20(12-8-18)25-16-14-23-4;1-11-7-9-3-5-10(6-4-9)8-12-2/h5-12H,13-16H2,1-4H3;9-10H,3-8H2,1-2H3. The molecule has 2 aromatic rings. The number of rotatable bonds is 14. The molecule has 0 amide bonds. The predicted molar refractivity (Wildman–Crippen MR) is 149 cm³/mol. The molecule has 208 valence electrons. The van der Waals surface area contributed by atoms with Crippen molar-refractivity contribution in [1.82, 2.24) is 0 Å². The summed E-state index contributed by atoms with van der Waals surface area (Å²) in [6.07, 6.45) is 5.29. The lowest BCUT2D eigenvalue weighted by Crippen LogP contribution is -2.20. The number of hydrogen-bond donors (Lipinski definition) is 0. The second-order valence-corrected chi connectivity index (χ2v) is 10.2. The summed E-state index contributed by atoms with van der Waals surface area (Å²) in [5.41, 5.74) is 2.37. The Hall–Kier alpha value is -2.12. The fourth-order valence-electron chi connectivity index (χ4n) is 4.62. The lowest BCUT2D eigenvalue weighted by molar-refractivity contribution is 0.0862. The van der Waals surface area contributed by atoms with Crippen LogP contribution in [0.2, 0.25) is 0 Å². The first kappa shape index (κ1) is 31.1. The van der Waals surface area contributed by atoms with Crippen molar-refractivity contribution in [3.8, 4) is 11.5 Å². The molecule has 1 saturated carbocycles. The minimum absolute atomic E-state index is 0.101. The van der Waals surface area contributed by atoms with E-state index in [1.807, 2.05) is 24.3 Å². The Labute approximate surface area is 224 Å². The molecule has 37 heavy (non-hydrogen) atoms. The van der Waals surface area contributed by atoms with Gasteiger partial charge in [-0.3, -0.25) is 0 Å². The number of ether oxygens (including phenoxy) is 6. The summed E-state index contributed by atoms with van der Waals surface area (Å²) in [6.45, 7) is 8.62. The van der Waals surface area contributed by atoms with Crippen molar-refractivity contribution in [2.24, 2.45) is 11.8 Å². The molecule has 0 aromatic heterocycles. The van der Waals surface area contributed by atoms with Gasteiger partial charge in [-0.2, -0.15) is 0 Å². The molecule has 0 saturated heterocycles. The first-order valence-corrected chi connectivity index (χ1v) is 13.4. The average molecular weight is 517 g/mol. The van der Waals surface area contributed by atoms with Crippen molar-refractivity contribution in [3.05, 3.63) is 59.7 Å². The average Bonchev–Trinajstić information content (AvgIpc) is 2.91. The third kappa shape index (κ3) is 11.0. The van der Waals surface area contributed by atoms with E-state index in [1.165, 1.54) is 36.8 Å². The molecule has 0 heterocycles. The summed E-state index contributed by atoms with van der Waals surface area (Å²) in [4.78, 5) is 0. The van der Waals surface area contributed by atoms with Gasteiger partial charge in [0.15, 0.2) is 0 Å². The third-order valence-electron chi connectivity index (χ3n) is 7.04. The van der Waals surface area contributed by atoms with E-state index in [9.17, 15) is 0 Å². The fourth-order valence-corrected chi connectivity index (χ4v) is 4.62. The van der Waals surface area contributed by atoms with Crippen LogP contribution in [0.15, 0.2) is 48.5 Å². The predicted octanol–water partition coefficient (Wildman–Crippen LogP) is 6.15. The zero-order valence-corrected chi connectivity index (χ0v) is 23.8. The zero-order chi connectivity index (χ0) is 26.9. The molecule has 3 rings (SSSR count). The largest absolute Gasteiger partial charge is 0.491 e. The van der Waals surface area contributed by atoms with Gasteiger partial charge in [0.05, 0.1) is 13.2 Å². The quantitative estimate of drug-likeness (QED) is 0.281. The number of benzene rings is 2. The summed E-state index contributed by atoms with van der Waals surface area (Å²) in [7, 11) is 6.92. The molecule has 0 radical (unpaired) electrons. The van der Waals surface area contributed by atoms with Crippen molar-refractivity contribution >= 4 is 0 Å². The summed E-state index contributed by atoms with van der Waals surface area (Å²) in [6, 6.07) is 16.5. The minimum atomic E-state index is -0.101. The van der Waals surface area contributed by atoms with E-state index in [0.29, 0.717) is 26.4 Å². The van der Waals surface area contributed by atoms with Gasteiger partial charge >= 0.3 is 0 Å². The van der Waals surface area contributed by atoms with E-state index < -0.39 is 0 Å². The Morgan fingerprint density at radius 2 is 0.892 bits per heavy atom. The highest BCUT2D eigenvalue weighted by molar-refractivity contribution is 5.41. The van der Waals surface area contributed by atoms with Crippen LogP contribution in [0, 0.1) is 11.8 Å². The fraction of sp³-hybridized carbons (Fsp3) is 0.613. The Bertz CT molecular complexity index is 756. The Kier molecular flexibility index (Phi) is 14.6. The summed E-state index contributed by atoms with van der Waals surface area (Å²) in [5.74, 6) is 3.34. The maximum absolute atomic E-state index is 5.63.